The van der Waals surface area contributed by atoms with Crippen LogP contribution in [0.4, 0.5) is 0 Å². The maximum Gasteiger partial charge on any atom is 0.205 e. The lowest BCUT2D eigenvalue weighted by molar-refractivity contribution is 0.383. The Morgan fingerprint density at radius 3 is 2.57 bits per heavy atom. The third-order valence-corrected chi connectivity index (χ3v) is 3.87. The Balaban J connectivity index is 2.27. The lowest BCUT2D eigenvalue weighted by Gasteiger charge is -2.27. The van der Waals surface area contributed by atoms with Gasteiger partial charge in [-0.15, -0.1) is 0 Å². The number of fused-ring (bicyclic) bond motifs is 1. The van der Waals surface area contributed by atoms with Gasteiger partial charge < -0.3 is 19.9 Å². The molecular formula is C18H16N2O3. The molecule has 0 saturated carbocycles. The van der Waals surface area contributed by atoms with E-state index in [1.54, 1.807) is 14.2 Å². The van der Waals surface area contributed by atoms with Gasteiger partial charge in [0.15, 0.2) is 0 Å². The molecule has 0 saturated heterocycles. The molecule has 1 aliphatic heterocycles. The number of hydrogen-bond donors (Lipinski definition) is 1. The average Bonchev–Trinajstić information content (AvgIpc) is 2.59. The number of nitrogens with two attached hydrogens (primary N) is 1. The summed E-state index contributed by atoms with van der Waals surface area (Å²) in [4.78, 5) is 0. The predicted molar refractivity (Wildman–Crippen MR) is 85.3 cm³/mol. The van der Waals surface area contributed by atoms with Crippen LogP contribution in [-0.4, -0.2) is 14.2 Å². The van der Waals surface area contributed by atoms with E-state index in [-0.39, 0.29) is 11.8 Å². The van der Waals surface area contributed by atoms with Crippen molar-refractivity contribution in [2.75, 3.05) is 14.2 Å². The first-order valence-electron chi connectivity index (χ1n) is 7.08. The second-order valence-electron chi connectivity index (χ2n) is 5.07. The van der Waals surface area contributed by atoms with Gasteiger partial charge in [0.1, 0.15) is 28.9 Å². The number of allylic oxidation sites excluding steroid dienone is 1. The monoisotopic (exact) mass is 308 g/mol. The SMILES string of the molecule is COc1ccc(OC)c([C@@H]2C(C#N)=C(N)Oc3ccccc32)c1. The third-order valence-electron chi connectivity index (χ3n) is 3.87. The zero-order valence-corrected chi connectivity index (χ0v) is 12.9. The van der Waals surface area contributed by atoms with E-state index < -0.39 is 0 Å². The summed E-state index contributed by atoms with van der Waals surface area (Å²) >= 11 is 0. The zero-order valence-electron chi connectivity index (χ0n) is 12.9. The normalized spacial score (nSPS) is 16.1. The van der Waals surface area contributed by atoms with Gasteiger partial charge in [0.05, 0.1) is 20.1 Å². The number of benzene rings is 2. The minimum Gasteiger partial charge on any atom is -0.497 e. The second kappa shape index (κ2) is 5.93. The first-order valence-corrected chi connectivity index (χ1v) is 7.08. The van der Waals surface area contributed by atoms with Crippen LogP contribution < -0.4 is 19.9 Å². The van der Waals surface area contributed by atoms with Crippen molar-refractivity contribution in [1.29, 1.82) is 5.26 Å². The Morgan fingerprint density at radius 1 is 1.09 bits per heavy atom. The number of hydrogen-bond acceptors (Lipinski definition) is 5. The van der Waals surface area contributed by atoms with Gasteiger partial charge in [0.25, 0.3) is 0 Å². The van der Waals surface area contributed by atoms with Gasteiger partial charge in [-0.05, 0) is 24.3 Å². The first kappa shape index (κ1) is 14.8. The maximum atomic E-state index is 9.57. The topological polar surface area (TPSA) is 77.5 Å². The van der Waals surface area contributed by atoms with Crippen molar-refractivity contribution < 1.29 is 14.2 Å². The standard InChI is InChI=1S/C18H16N2O3/c1-21-11-7-8-15(22-2)13(9-11)17-12-5-3-4-6-16(12)23-18(20)14(17)10-19/h3-9,17H,20H2,1-2H3/t17-/m1/s1. The van der Waals surface area contributed by atoms with Crippen LogP contribution in [-0.2, 0) is 0 Å². The Kier molecular flexibility index (Phi) is 3.82. The minimum atomic E-state index is -0.366. The smallest absolute Gasteiger partial charge is 0.205 e. The number of nitriles is 1. The van der Waals surface area contributed by atoms with E-state index in [9.17, 15) is 5.26 Å². The molecule has 0 spiro atoms. The molecular weight excluding hydrogens is 292 g/mol. The molecule has 0 aromatic heterocycles. The highest BCUT2D eigenvalue weighted by atomic mass is 16.5. The molecule has 116 valence electrons. The van der Waals surface area contributed by atoms with E-state index in [4.69, 9.17) is 19.9 Å². The highest BCUT2D eigenvalue weighted by molar-refractivity contribution is 5.59. The summed E-state index contributed by atoms with van der Waals surface area (Å²) in [5.74, 6) is 1.73. The van der Waals surface area contributed by atoms with Crippen LogP contribution in [0.25, 0.3) is 0 Å². The fraction of sp³-hybridized carbons (Fsp3) is 0.167. The summed E-state index contributed by atoms with van der Waals surface area (Å²) in [6.45, 7) is 0. The maximum absolute atomic E-state index is 9.57. The molecule has 0 radical (unpaired) electrons. The molecule has 0 unspecified atom stereocenters. The van der Waals surface area contributed by atoms with Crippen LogP contribution in [0.1, 0.15) is 17.0 Å². The molecule has 0 bridgehead atoms. The number of methoxy groups -OCH3 is 2. The van der Waals surface area contributed by atoms with Crippen LogP contribution >= 0.6 is 0 Å². The minimum absolute atomic E-state index is 0.112. The second-order valence-corrected chi connectivity index (χ2v) is 5.07. The lowest BCUT2D eigenvalue weighted by atomic mass is 9.83. The van der Waals surface area contributed by atoms with E-state index in [1.165, 1.54) is 0 Å². The van der Waals surface area contributed by atoms with Crippen LogP contribution in [0.5, 0.6) is 17.2 Å². The van der Waals surface area contributed by atoms with Gasteiger partial charge in [0.2, 0.25) is 5.88 Å². The Labute approximate surface area is 134 Å². The van der Waals surface area contributed by atoms with Crippen molar-refractivity contribution >= 4 is 0 Å². The molecule has 5 heteroatoms. The number of ether oxygens (including phenoxy) is 3. The summed E-state index contributed by atoms with van der Waals surface area (Å²) in [5, 5.41) is 9.57. The molecule has 2 N–H and O–H groups in total. The molecule has 1 atom stereocenters. The van der Waals surface area contributed by atoms with Crippen LogP contribution in [0.3, 0.4) is 0 Å². The van der Waals surface area contributed by atoms with Gasteiger partial charge in [-0.3, -0.25) is 0 Å². The summed E-state index contributed by atoms with van der Waals surface area (Å²) < 4.78 is 16.4. The van der Waals surface area contributed by atoms with E-state index in [0.29, 0.717) is 22.8 Å². The van der Waals surface area contributed by atoms with Crippen molar-refractivity contribution in [3.63, 3.8) is 0 Å². The Morgan fingerprint density at radius 2 is 1.87 bits per heavy atom. The lowest BCUT2D eigenvalue weighted by Crippen LogP contribution is -2.21. The van der Waals surface area contributed by atoms with Crippen LogP contribution in [0, 0.1) is 11.3 Å². The molecule has 1 heterocycles. The molecule has 0 fully saturated rings. The molecule has 1 aliphatic rings. The van der Waals surface area contributed by atoms with Gasteiger partial charge in [-0.25, -0.2) is 0 Å². The quantitative estimate of drug-likeness (QED) is 0.943. The van der Waals surface area contributed by atoms with Gasteiger partial charge in [0, 0.05) is 11.1 Å². The molecule has 0 aliphatic carbocycles. The largest absolute Gasteiger partial charge is 0.497 e. The molecule has 2 aromatic carbocycles. The fourth-order valence-electron chi connectivity index (χ4n) is 2.79. The number of nitrogens with zero attached hydrogens (tertiary/aromatic N) is 1. The number of para-hydroxylation sites is 1. The van der Waals surface area contributed by atoms with Crippen molar-refractivity contribution in [2.24, 2.45) is 5.73 Å². The number of rotatable bonds is 3. The van der Waals surface area contributed by atoms with Gasteiger partial charge in [-0.1, -0.05) is 18.2 Å². The molecule has 2 aromatic rings. The highest BCUT2D eigenvalue weighted by Crippen LogP contribution is 2.45. The average molecular weight is 308 g/mol. The van der Waals surface area contributed by atoms with E-state index in [0.717, 1.165) is 11.1 Å². The summed E-state index contributed by atoms with van der Waals surface area (Å²) in [6.07, 6.45) is 0. The van der Waals surface area contributed by atoms with Crippen LogP contribution in [0.2, 0.25) is 0 Å². The molecule has 0 amide bonds. The highest BCUT2D eigenvalue weighted by Gasteiger charge is 2.32. The summed E-state index contributed by atoms with van der Waals surface area (Å²) in [6, 6.07) is 15.2. The van der Waals surface area contributed by atoms with Gasteiger partial charge >= 0.3 is 0 Å². The summed E-state index contributed by atoms with van der Waals surface area (Å²) in [5.41, 5.74) is 7.99. The molecule has 3 rings (SSSR count). The zero-order chi connectivity index (χ0) is 16.4. The van der Waals surface area contributed by atoms with Crippen molar-refractivity contribution in [2.45, 2.75) is 5.92 Å². The Bertz CT molecular complexity index is 821. The Hall–Kier alpha value is -3.13. The van der Waals surface area contributed by atoms with Crippen LogP contribution in [0.15, 0.2) is 53.9 Å². The fourth-order valence-corrected chi connectivity index (χ4v) is 2.79. The van der Waals surface area contributed by atoms with Crippen molar-refractivity contribution in [3.05, 3.63) is 65.0 Å². The predicted octanol–water partition coefficient (Wildman–Crippen LogP) is 2.92. The molecule has 5 nitrogen and oxygen atoms in total. The third kappa shape index (κ3) is 2.44. The van der Waals surface area contributed by atoms with Crippen molar-refractivity contribution in [1.82, 2.24) is 0 Å². The first-order chi connectivity index (χ1) is 11.2. The van der Waals surface area contributed by atoms with E-state index in [1.807, 2.05) is 42.5 Å². The van der Waals surface area contributed by atoms with E-state index in [2.05, 4.69) is 6.07 Å². The summed E-state index contributed by atoms with van der Waals surface area (Å²) in [7, 11) is 3.19. The van der Waals surface area contributed by atoms with Crippen molar-refractivity contribution in [3.8, 4) is 23.3 Å². The van der Waals surface area contributed by atoms with E-state index >= 15 is 0 Å². The van der Waals surface area contributed by atoms with Gasteiger partial charge in [-0.2, -0.15) is 5.26 Å². The molecule has 23 heavy (non-hydrogen) atoms.